The van der Waals surface area contributed by atoms with Gasteiger partial charge in [0.15, 0.2) is 11.4 Å². The lowest BCUT2D eigenvalue weighted by Crippen LogP contribution is -2.29. The predicted molar refractivity (Wildman–Crippen MR) is 190 cm³/mol. The van der Waals surface area contributed by atoms with Gasteiger partial charge in [-0.05, 0) is 45.4 Å². The van der Waals surface area contributed by atoms with Gasteiger partial charge in [-0.1, -0.05) is 41.5 Å². The van der Waals surface area contributed by atoms with Gasteiger partial charge in [0.2, 0.25) is 0 Å². The van der Waals surface area contributed by atoms with E-state index in [1.807, 2.05) is 13.8 Å². The van der Waals surface area contributed by atoms with Gasteiger partial charge in [0, 0.05) is 25.8 Å². The Morgan fingerprint density at radius 2 is 1.24 bits per heavy atom. The molecular formula is C35H53F9N6O8. The number of aromatic nitrogens is 4. The molecule has 0 fully saturated rings. The first kappa shape index (κ1) is 55.4. The van der Waals surface area contributed by atoms with Crippen molar-refractivity contribution in [1.82, 2.24) is 25.0 Å². The fourth-order valence-corrected chi connectivity index (χ4v) is 3.94. The number of esters is 3. The molecule has 2 aromatic rings. The third-order valence-electron chi connectivity index (χ3n) is 6.11. The molecule has 2 rings (SSSR count). The summed E-state index contributed by atoms with van der Waals surface area (Å²) in [6, 6.07) is 0. The van der Waals surface area contributed by atoms with Crippen LogP contribution in [0.1, 0.15) is 101 Å². The zero-order valence-corrected chi connectivity index (χ0v) is 33.9. The van der Waals surface area contributed by atoms with Crippen LogP contribution in [0.15, 0.2) is 24.2 Å². The SMILES string of the molecule is CC(C)CNN.CCOC(=O)c1cn(CC(C)C)nc1C(F)(F)F.CCOC(=O)c1cnn(CC(C)C)c1C(F)(F)F.CCOC=C(C(=O)OCC)C(=O)C(F)(F)F. The lowest BCUT2D eigenvalue weighted by Gasteiger charge is -2.13. The number of nitrogens with two attached hydrogens (primary N) is 1. The smallest absolute Gasteiger partial charge is 0.455 e. The Labute approximate surface area is 330 Å². The average molecular weight is 857 g/mol. The molecule has 0 amide bonds. The topological polar surface area (TPSA) is 179 Å². The first-order valence-electron chi connectivity index (χ1n) is 17.8. The summed E-state index contributed by atoms with van der Waals surface area (Å²) in [5.41, 5.74) is -1.90. The van der Waals surface area contributed by atoms with Crippen molar-refractivity contribution in [2.75, 3.05) is 33.0 Å². The third-order valence-corrected chi connectivity index (χ3v) is 6.11. The van der Waals surface area contributed by atoms with E-state index < -0.39 is 70.3 Å². The Kier molecular flexibility index (Phi) is 25.2. The fraction of sp³-hybridized carbons (Fsp3) is 0.657. The van der Waals surface area contributed by atoms with Crippen molar-refractivity contribution >= 4 is 23.7 Å². The van der Waals surface area contributed by atoms with E-state index in [0.717, 1.165) is 28.3 Å². The van der Waals surface area contributed by atoms with Crippen molar-refractivity contribution in [1.29, 1.82) is 0 Å². The lowest BCUT2D eigenvalue weighted by molar-refractivity contribution is -0.169. The summed E-state index contributed by atoms with van der Waals surface area (Å²) in [6.07, 6.45) is -12.0. The van der Waals surface area contributed by atoms with Crippen molar-refractivity contribution in [3.8, 4) is 0 Å². The molecular weight excluding hydrogens is 803 g/mol. The number of carbonyl (C=O) groups is 4. The third kappa shape index (κ3) is 21.2. The highest BCUT2D eigenvalue weighted by Crippen LogP contribution is 2.33. The van der Waals surface area contributed by atoms with Crippen molar-refractivity contribution in [3.63, 3.8) is 0 Å². The van der Waals surface area contributed by atoms with Crippen LogP contribution >= 0.6 is 0 Å². The minimum atomic E-state index is -5.13. The number of nitrogens with one attached hydrogen (secondary N) is 1. The van der Waals surface area contributed by atoms with Crippen LogP contribution in [-0.2, 0) is 54.0 Å². The standard InChI is InChI=1S/2C11H15F3N2O2.C9H11F3O4.C4H12N2/c1-4-18-10(17)8-5-15-16(6-7(2)3)9(8)11(12,13)14;1-4-18-10(17)8-6-16(5-7(2)3)15-9(8)11(12,13)14;1-3-15-5-6(8(14)16-4-2)7(13)9(10,11)12;1-4(2)3-6-5/h5,7H,4,6H2,1-3H3;6-7H,4-5H2,1-3H3;5H,3-4H2,1-2H3;4,6H,3,5H2,1-2H3. The van der Waals surface area contributed by atoms with Gasteiger partial charge >= 0.3 is 36.4 Å². The van der Waals surface area contributed by atoms with Crippen molar-refractivity contribution in [2.24, 2.45) is 23.6 Å². The second kappa shape index (κ2) is 26.4. The number of nitrogens with zero attached hydrogens (tertiary/aromatic N) is 4. The Morgan fingerprint density at radius 1 is 0.741 bits per heavy atom. The zero-order valence-electron chi connectivity index (χ0n) is 33.9. The highest BCUT2D eigenvalue weighted by Gasteiger charge is 2.44. The number of ketones is 1. The van der Waals surface area contributed by atoms with Crippen LogP contribution in [0.3, 0.4) is 0 Å². The zero-order chi connectivity index (χ0) is 45.6. The molecule has 23 heteroatoms. The summed E-state index contributed by atoms with van der Waals surface area (Å²) in [5, 5.41) is 7.04. The average Bonchev–Trinajstić information content (AvgIpc) is 3.70. The summed E-state index contributed by atoms with van der Waals surface area (Å²) in [4.78, 5) is 44.7. The van der Waals surface area contributed by atoms with E-state index in [0.29, 0.717) is 18.7 Å². The van der Waals surface area contributed by atoms with E-state index in [2.05, 4.69) is 48.4 Å². The molecule has 0 aliphatic heterocycles. The highest BCUT2D eigenvalue weighted by molar-refractivity contribution is 6.19. The van der Waals surface area contributed by atoms with Crippen LogP contribution in [0.4, 0.5) is 39.5 Å². The highest BCUT2D eigenvalue weighted by atomic mass is 19.4. The van der Waals surface area contributed by atoms with Gasteiger partial charge in [0.05, 0.1) is 32.6 Å². The second-order valence-electron chi connectivity index (χ2n) is 12.8. The molecule has 0 aromatic carbocycles. The molecule has 0 bridgehead atoms. The van der Waals surface area contributed by atoms with Gasteiger partial charge in [-0.15, -0.1) is 0 Å². The number of alkyl halides is 9. The predicted octanol–water partition coefficient (Wildman–Crippen LogP) is 7.18. The van der Waals surface area contributed by atoms with Gasteiger partial charge in [0.1, 0.15) is 23.0 Å². The molecule has 2 aromatic heterocycles. The van der Waals surface area contributed by atoms with E-state index in [9.17, 15) is 58.7 Å². The van der Waals surface area contributed by atoms with E-state index >= 15 is 0 Å². The summed E-state index contributed by atoms with van der Waals surface area (Å²) >= 11 is 0. The summed E-state index contributed by atoms with van der Waals surface area (Å²) < 4.78 is 133. The monoisotopic (exact) mass is 856 g/mol. The fourth-order valence-electron chi connectivity index (χ4n) is 3.94. The Hall–Kier alpha value is -4.67. The van der Waals surface area contributed by atoms with Gasteiger partial charge in [0.25, 0.3) is 5.78 Å². The quantitative estimate of drug-likeness (QED) is 0.0213. The Morgan fingerprint density at radius 3 is 1.60 bits per heavy atom. The van der Waals surface area contributed by atoms with E-state index in [1.54, 1.807) is 13.8 Å². The number of hydrazine groups is 1. The summed E-state index contributed by atoms with van der Waals surface area (Å²) in [5.74, 6) is 0.127. The van der Waals surface area contributed by atoms with E-state index in [-0.39, 0.29) is 44.8 Å². The number of carbonyl (C=O) groups excluding carboxylic acids is 4. The van der Waals surface area contributed by atoms with Gasteiger partial charge in [-0.25, -0.2) is 14.4 Å². The van der Waals surface area contributed by atoms with Crippen LogP contribution < -0.4 is 11.3 Å². The maximum atomic E-state index is 12.9. The van der Waals surface area contributed by atoms with Crippen LogP contribution in [0, 0.1) is 17.8 Å². The molecule has 0 aliphatic rings. The lowest BCUT2D eigenvalue weighted by atomic mass is 10.2. The largest absolute Gasteiger partial charge is 0.500 e. The van der Waals surface area contributed by atoms with Crippen molar-refractivity contribution < 1.29 is 77.6 Å². The van der Waals surface area contributed by atoms with Gasteiger partial charge < -0.3 is 18.9 Å². The number of Topliss-reactive ketones (excluding diaryl/α,β-unsaturated/α-hetero) is 1. The minimum absolute atomic E-state index is 0.0129. The van der Waals surface area contributed by atoms with E-state index in [1.165, 1.54) is 27.7 Å². The van der Waals surface area contributed by atoms with Crippen LogP contribution in [0.5, 0.6) is 0 Å². The normalized spacial score (nSPS) is 11.8. The molecule has 58 heavy (non-hydrogen) atoms. The number of rotatable bonds is 15. The molecule has 0 aliphatic carbocycles. The molecule has 0 radical (unpaired) electrons. The molecule has 0 spiro atoms. The molecule has 0 saturated heterocycles. The summed E-state index contributed by atoms with van der Waals surface area (Å²) in [7, 11) is 0. The molecule has 0 saturated carbocycles. The van der Waals surface area contributed by atoms with Gasteiger partial charge in [-0.2, -0.15) is 49.7 Å². The molecule has 3 N–H and O–H groups in total. The van der Waals surface area contributed by atoms with Crippen LogP contribution in [0.2, 0.25) is 0 Å². The minimum Gasteiger partial charge on any atom is -0.500 e. The first-order valence-corrected chi connectivity index (χ1v) is 17.8. The van der Waals surface area contributed by atoms with E-state index in [4.69, 9.17) is 5.84 Å². The molecule has 334 valence electrons. The van der Waals surface area contributed by atoms with Gasteiger partial charge in [-0.3, -0.25) is 25.4 Å². The van der Waals surface area contributed by atoms with Crippen LogP contribution in [0.25, 0.3) is 0 Å². The number of halogens is 9. The van der Waals surface area contributed by atoms with Crippen molar-refractivity contribution in [2.45, 2.75) is 101 Å². The van der Waals surface area contributed by atoms with Crippen molar-refractivity contribution in [3.05, 3.63) is 46.7 Å². The maximum Gasteiger partial charge on any atom is 0.455 e. The second-order valence-corrected chi connectivity index (χ2v) is 12.8. The molecule has 14 nitrogen and oxygen atoms in total. The first-order chi connectivity index (χ1) is 26.6. The Bertz CT molecular complexity index is 1570. The number of hydrogen-bond acceptors (Lipinski definition) is 12. The maximum absolute atomic E-state index is 12.9. The molecule has 2 heterocycles. The van der Waals surface area contributed by atoms with Crippen LogP contribution in [-0.4, -0.2) is 82.4 Å². The number of hydrogen-bond donors (Lipinski definition) is 2. The summed E-state index contributed by atoms with van der Waals surface area (Å²) in [6.45, 7) is 18.7. The Balaban J connectivity index is 0. The molecule has 0 unspecified atom stereocenters. The number of ether oxygens (including phenoxy) is 4. The molecule has 0 atom stereocenters.